The molecule has 1 saturated carbocycles. The molecule has 1 saturated heterocycles. The van der Waals surface area contributed by atoms with Crippen LogP contribution in [0, 0.1) is 11.8 Å². The van der Waals surface area contributed by atoms with Crippen molar-refractivity contribution in [1.82, 2.24) is 10.2 Å². The Kier molecular flexibility index (Phi) is 4.62. The first-order chi connectivity index (χ1) is 9.51. The summed E-state index contributed by atoms with van der Waals surface area (Å²) in [7, 11) is 0. The van der Waals surface area contributed by atoms with Gasteiger partial charge >= 0.3 is 5.97 Å². The fourth-order valence-electron chi connectivity index (χ4n) is 2.57. The zero-order valence-corrected chi connectivity index (χ0v) is 11.8. The van der Waals surface area contributed by atoms with Crippen molar-refractivity contribution in [3.05, 3.63) is 0 Å². The van der Waals surface area contributed by atoms with Gasteiger partial charge in [-0.3, -0.25) is 9.59 Å². The number of nitrogens with one attached hydrogen (secondary N) is 1. The number of carboxylic acids is 1. The maximum Gasteiger partial charge on any atom is 0.326 e. The Labute approximate surface area is 118 Å². The van der Waals surface area contributed by atoms with Gasteiger partial charge < -0.3 is 15.3 Å². The minimum atomic E-state index is -1.01. The maximum absolute atomic E-state index is 12.1. The van der Waals surface area contributed by atoms with E-state index in [9.17, 15) is 14.4 Å². The predicted molar refractivity (Wildman–Crippen MR) is 71.9 cm³/mol. The smallest absolute Gasteiger partial charge is 0.326 e. The molecular formula is C14H22N2O4. The highest BCUT2D eigenvalue weighted by Crippen LogP contribution is 2.32. The number of rotatable bonds is 7. The van der Waals surface area contributed by atoms with Crippen LogP contribution in [-0.4, -0.2) is 46.9 Å². The van der Waals surface area contributed by atoms with Gasteiger partial charge in [0, 0.05) is 19.5 Å². The summed E-state index contributed by atoms with van der Waals surface area (Å²) in [4.78, 5) is 36.7. The molecule has 2 rings (SSSR count). The van der Waals surface area contributed by atoms with Crippen LogP contribution in [0.5, 0.6) is 0 Å². The summed E-state index contributed by atoms with van der Waals surface area (Å²) in [6.07, 6.45) is 3.63. The van der Waals surface area contributed by atoms with Gasteiger partial charge in [0.05, 0.1) is 5.92 Å². The van der Waals surface area contributed by atoms with Crippen molar-refractivity contribution >= 4 is 17.8 Å². The Morgan fingerprint density at radius 1 is 1.45 bits per heavy atom. The van der Waals surface area contributed by atoms with Gasteiger partial charge in [-0.05, 0) is 25.2 Å². The molecule has 0 spiro atoms. The van der Waals surface area contributed by atoms with E-state index in [0.717, 1.165) is 19.4 Å². The highest BCUT2D eigenvalue weighted by molar-refractivity contribution is 5.91. The van der Waals surface area contributed by atoms with Crippen LogP contribution in [0.3, 0.4) is 0 Å². The Bertz CT molecular complexity index is 406. The molecule has 2 unspecified atom stereocenters. The van der Waals surface area contributed by atoms with Crippen molar-refractivity contribution in [2.24, 2.45) is 11.8 Å². The number of carbonyl (C=O) groups is 3. The number of likely N-dealkylation sites (tertiary alicyclic amines) is 1. The molecule has 2 N–H and O–H groups in total. The van der Waals surface area contributed by atoms with E-state index in [1.165, 1.54) is 0 Å². The minimum absolute atomic E-state index is 0.0133. The quantitative estimate of drug-likeness (QED) is 0.716. The molecule has 2 aliphatic rings. The van der Waals surface area contributed by atoms with E-state index < -0.39 is 17.9 Å². The monoisotopic (exact) mass is 282 g/mol. The van der Waals surface area contributed by atoms with E-state index in [1.54, 1.807) is 4.90 Å². The number of hydrogen-bond acceptors (Lipinski definition) is 3. The van der Waals surface area contributed by atoms with Gasteiger partial charge in [-0.2, -0.15) is 0 Å². The lowest BCUT2D eigenvalue weighted by Gasteiger charge is -2.18. The average molecular weight is 282 g/mol. The molecule has 6 nitrogen and oxygen atoms in total. The number of carboxylic acid groups (broad SMARTS) is 1. The van der Waals surface area contributed by atoms with Gasteiger partial charge in [-0.15, -0.1) is 0 Å². The van der Waals surface area contributed by atoms with Crippen molar-refractivity contribution in [2.45, 2.75) is 45.1 Å². The van der Waals surface area contributed by atoms with E-state index in [4.69, 9.17) is 5.11 Å². The van der Waals surface area contributed by atoms with E-state index in [1.807, 2.05) is 6.92 Å². The second-order valence-electron chi connectivity index (χ2n) is 5.83. The van der Waals surface area contributed by atoms with Crippen LogP contribution in [0.1, 0.15) is 39.0 Å². The van der Waals surface area contributed by atoms with E-state index in [2.05, 4.69) is 5.32 Å². The van der Waals surface area contributed by atoms with Crippen molar-refractivity contribution in [3.63, 3.8) is 0 Å². The van der Waals surface area contributed by atoms with Crippen LogP contribution in [0.25, 0.3) is 0 Å². The summed E-state index contributed by atoms with van der Waals surface area (Å²) in [6, 6.07) is -0.847. The van der Waals surface area contributed by atoms with Crippen LogP contribution in [0.2, 0.25) is 0 Å². The van der Waals surface area contributed by atoms with E-state index in [0.29, 0.717) is 25.3 Å². The fourth-order valence-corrected chi connectivity index (χ4v) is 2.57. The molecule has 0 radical (unpaired) electrons. The van der Waals surface area contributed by atoms with Crippen LogP contribution in [0.15, 0.2) is 0 Å². The second kappa shape index (κ2) is 6.24. The number of carbonyl (C=O) groups excluding carboxylic acids is 2. The molecule has 2 amide bonds. The molecular weight excluding hydrogens is 260 g/mol. The van der Waals surface area contributed by atoms with Gasteiger partial charge in [0.15, 0.2) is 0 Å². The van der Waals surface area contributed by atoms with E-state index in [-0.39, 0.29) is 18.2 Å². The highest BCUT2D eigenvalue weighted by Gasteiger charge is 2.37. The average Bonchev–Trinajstić information content (AvgIpc) is 3.12. The Hall–Kier alpha value is -1.59. The molecule has 6 heteroatoms. The van der Waals surface area contributed by atoms with Crippen molar-refractivity contribution < 1.29 is 19.5 Å². The number of amides is 2. The maximum atomic E-state index is 12.1. The van der Waals surface area contributed by atoms with Gasteiger partial charge in [-0.1, -0.05) is 13.3 Å². The Morgan fingerprint density at radius 2 is 2.15 bits per heavy atom. The zero-order valence-electron chi connectivity index (χ0n) is 11.8. The number of nitrogens with zero attached hydrogens (tertiary/aromatic N) is 1. The van der Waals surface area contributed by atoms with Crippen molar-refractivity contribution in [2.75, 3.05) is 13.1 Å². The van der Waals surface area contributed by atoms with Crippen molar-refractivity contribution in [1.29, 1.82) is 0 Å². The first-order valence-corrected chi connectivity index (χ1v) is 7.32. The second-order valence-corrected chi connectivity index (χ2v) is 5.83. The van der Waals surface area contributed by atoms with Crippen LogP contribution >= 0.6 is 0 Å². The van der Waals surface area contributed by atoms with Crippen molar-refractivity contribution in [3.8, 4) is 0 Å². The third-order valence-electron chi connectivity index (χ3n) is 3.95. The molecule has 2 atom stereocenters. The topological polar surface area (TPSA) is 86.7 Å². The third kappa shape index (κ3) is 3.71. The molecule has 0 aromatic rings. The Balaban J connectivity index is 1.85. The van der Waals surface area contributed by atoms with Crippen LogP contribution in [-0.2, 0) is 14.4 Å². The van der Waals surface area contributed by atoms with Gasteiger partial charge in [0.2, 0.25) is 11.8 Å². The molecule has 112 valence electrons. The third-order valence-corrected chi connectivity index (χ3v) is 3.95. The largest absolute Gasteiger partial charge is 0.480 e. The standard InChI is InChI=1S/C14H22N2O4/c1-2-3-11(14(19)20)15-13(18)10-6-12(17)16(8-10)7-9-4-5-9/h9-11H,2-8H2,1H3,(H,15,18)(H,19,20). The predicted octanol–water partition coefficient (Wildman–Crippen LogP) is 0.614. The molecule has 0 aromatic heterocycles. The zero-order chi connectivity index (χ0) is 14.7. The van der Waals surface area contributed by atoms with Crippen LogP contribution in [0.4, 0.5) is 0 Å². The first kappa shape index (κ1) is 14.8. The highest BCUT2D eigenvalue weighted by atomic mass is 16.4. The lowest BCUT2D eigenvalue weighted by Crippen LogP contribution is -2.44. The molecule has 0 bridgehead atoms. The number of hydrogen-bond donors (Lipinski definition) is 2. The summed E-state index contributed by atoms with van der Waals surface area (Å²) >= 11 is 0. The summed E-state index contributed by atoms with van der Waals surface area (Å²) < 4.78 is 0. The van der Waals surface area contributed by atoms with E-state index >= 15 is 0 Å². The molecule has 0 aromatic carbocycles. The summed E-state index contributed by atoms with van der Waals surface area (Å²) in [5.41, 5.74) is 0. The summed E-state index contributed by atoms with van der Waals surface area (Å²) in [5.74, 6) is -1.11. The lowest BCUT2D eigenvalue weighted by atomic mass is 10.1. The molecule has 2 fully saturated rings. The number of aliphatic carboxylic acids is 1. The molecule has 1 aliphatic heterocycles. The molecule has 20 heavy (non-hydrogen) atoms. The van der Waals surface area contributed by atoms with Crippen LogP contribution < -0.4 is 5.32 Å². The fraction of sp³-hybridized carbons (Fsp3) is 0.786. The van der Waals surface area contributed by atoms with Gasteiger partial charge in [0.25, 0.3) is 0 Å². The molecule has 1 aliphatic carbocycles. The van der Waals surface area contributed by atoms with Gasteiger partial charge in [0.1, 0.15) is 6.04 Å². The Morgan fingerprint density at radius 3 is 2.70 bits per heavy atom. The lowest BCUT2D eigenvalue weighted by molar-refractivity contribution is -0.142. The summed E-state index contributed by atoms with van der Waals surface area (Å²) in [6.45, 7) is 3.05. The molecule has 1 heterocycles. The SMILES string of the molecule is CCCC(NC(=O)C1CC(=O)N(CC2CC2)C1)C(=O)O. The first-order valence-electron chi connectivity index (χ1n) is 7.32. The normalized spacial score (nSPS) is 23.8. The summed E-state index contributed by atoms with van der Waals surface area (Å²) in [5, 5.41) is 11.6. The van der Waals surface area contributed by atoms with Gasteiger partial charge in [-0.25, -0.2) is 4.79 Å². The minimum Gasteiger partial charge on any atom is -0.480 e.